The largest absolute Gasteiger partial charge is 0.223 e. The van der Waals surface area contributed by atoms with Crippen molar-refractivity contribution in [1.29, 1.82) is 0 Å². The SMILES string of the molecule is O=S(=O)(CCCl)c1ccc(Cl)s1. The minimum atomic E-state index is -3.19. The fourth-order valence-electron chi connectivity index (χ4n) is 0.667. The molecule has 0 saturated heterocycles. The summed E-state index contributed by atoms with van der Waals surface area (Å²) in [6.07, 6.45) is 0. The van der Waals surface area contributed by atoms with Crippen molar-refractivity contribution in [2.45, 2.75) is 4.21 Å². The second-order valence-electron chi connectivity index (χ2n) is 2.07. The first kappa shape index (κ1) is 10.3. The summed E-state index contributed by atoms with van der Waals surface area (Å²) in [5.74, 6) is 0.0727. The van der Waals surface area contributed by atoms with Gasteiger partial charge in [-0.25, -0.2) is 8.42 Å². The smallest absolute Gasteiger partial charge is 0.188 e. The molecule has 0 unspecified atom stereocenters. The monoisotopic (exact) mass is 244 g/mol. The van der Waals surface area contributed by atoms with E-state index in [1.165, 1.54) is 6.07 Å². The number of alkyl halides is 1. The third kappa shape index (κ3) is 2.36. The Kier molecular flexibility index (Phi) is 3.40. The topological polar surface area (TPSA) is 34.1 Å². The van der Waals surface area contributed by atoms with Gasteiger partial charge in [0, 0.05) is 5.88 Å². The van der Waals surface area contributed by atoms with Gasteiger partial charge >= 0.3 is 0 Å². The summed E-state index contributed by atoms with van der Waals surface area (Å²) in [5, 5.41) is 0. The van der Waals surface area contributed by atoms with Crippen molar-refractivity contribution in [1.82, 2.24) is 0 Å². The highest BCUT2D eigenvalue weighted by molar-refractivity contribution is 7.93. The number of halogens is 2. The van der Waals surface area contributed by atoms with E-state index in [-0.39, 0.29) is 15.8 Å². The molecule has 0 saturated carbocycles. The molecule has 0 spiro atoms. The lowest BCUT2D eigenvalue weighted by Gasteiger charge is -1.95. The van der Waals surface area contributed by atoms with Crippen molar-refractivity contribution < 1.29 is 8.42 Å². The third-order valence-corrected chi connectivity index (χ3v) is 5.14. The van der Waals surface area contributed by atoms with Crippen LogP contribution in [-0.4, -0.2) is 20.1 Å². The Balaban J connectivity index is 2.98. The maximum atomic E-state index is 11.3. The van der Waals surface area contributed by atoms with Gasteiger partial charge in [0.05, 0.1) is 10.1 Å². The molecule has 1 rings (SSSR count). The second-order valence-corrected chi connectivity index (χ2v) is 6.50. The molecule has 0 bridgehead atoms. The maximum absolute atomic E-state index is 11.3. The van der Waals surface area contributed by atoms with Crippen LogP contribution in [0.4, 0.5) is 0 Å². The molecule has 0 atom stereocenters. The van der Waals surface area contributed by atoms with E-state index in [0.29, 0.717) is 4.34 Å². The average Bonchev–Trinajstić information content (AvgIpc) is 2.36. The first-order valence-electron chi connectivity index (χ1n) is 3.10. The number of hydrogen-bond acceptors (Lipinski definition) is 3. The molecule has 0 aliphatic heterocycles. The average molecular weight is 245 g/mol. The van der Waals surface area contributed by atoms with Gasteiger partial charge in [-0.2, -0.15) is 0 Å². The molecular formula is C6H6Cl2O2S2. The summed E-state index contributed by atoms with van der Waals surface area (Å²) in [4.78, 5) is 0. The maximum Gasteiger partial charge on any atom is 0.188 e. The third-order valence-electron chi connectivity index (χ3n) is 1.20. The fraction of sp³-hybridized carbons (Fsp3) is 0.333. The fourth-order valence-corrected chi connectivity index (χ4v) is 3.90. The van der Waals surface area contributed by atoms with Crippen molar-refractivity contribution in [3.63, 3.8) is 0 Å². The molecular weight excluding hydrogens is 239 g/mol. The van der Waals surface area contributed by atoms with Gasteiger partial charge in [-0.05, 0) is 12.1 Å². The van der Waals surface area contributed by atoms with Crippen LogP contribution in [0.1, 0.15) is 0 Å². The summed E-state index contributed by atoms with van der Waals surface area (Å²) in [6, 6.07) is 3.06. The predicted molar refractivity (Wildman–Crippen MR) is 52.1 cm³/mol. The summed E-state index contributed by atoms with van der Waals surface area (Å²) in [7, 11) is -3.19. The standard InChI is InChI=1S/C6H6Cl2O2S2/c7-3-4-12(9,10)6-2-1-5(8)11-6/h1-2H,3-4H2. The van der Waals surface area contributed by atoms with Gasteiger partial charge in [-0.15, -0.1) is 22.9 Å². The zero-order valence-electron chi connectivity index (χ0n) is 5.96. The van der Waals surface area contributed by atoms with Crippen LogP contribution in [0, 0.1) is 0 Å². The van der Waals surface area contributed by atoms with Crippen LogP contribution in [0.25, 0.3) is 0 Å². The number of thiophene rings is 1. The highest BCUT2D eigenvalue weighted by atomic mass is 35.5. The molecule has 0 aromatic carbocycles. The van der Waals surface area contributed by atoms with Crippen LogP contribution in [0.2, 0.25) is 4.34 Å². The Morgan fingerprint density at radius 1 is 1.42 bits per heavy atom. The Morgan fingerprint density at radius 2 is 2.08 bits per heavy atom. The molecule has 6 heteroatoms. The summed E-state index contributed by atoms with van der Waals surface area (Å²) in [5.41, 5.74) is 0. The molecule has 0 aliphatic carbocycles. The lowest BCUT2D eigenvalue weighted by Crippen LogP contribution is -2.05. The van der Waals surface area contributed by atoms with E-state index < -0.39 is 9.84 Å². The van der Waals surface area contributed by atoms with Gasteiger partial charge in [0.1, 0.15) is 4.21 Å². The molecule has 0 N–H and O–H groups in total. The van der Waals surface area contributed by atoms with Crippen molar-refractivity contribution in [2.24, 2.45) is 0 Å². The normalized spacial score (nSPS) is 11.8. The summed E-state index contributed by atoms with van der Waals surface area (Å²) < 4.78 is 23.4. The summed E-state index contributed by atoms with van der Waals surface area (Å²) in [6.45, 7) is 0. The number of hydrogen-bond donors (Lipinski definition) is 0. The van der Waals surface area contributed by atoms with E-state index in [9.17, 15) is 8.42 Å². The molecule has 12 heavy (non-hydrogen) atoms. The van der Waals surface area contributed by atoms with Crippen LogP contribution in [0.5, 0.6) is 0 Å². The highest BCUT2D eigenvalue weighted by Crippen LogP contribution is 2.26. The van der Waals surface area contributed by atoms with Gasteiger partial charge in [0.2, 0.25) is 0 Å². The van der Waals surface area contributed by atoms with Crippen molar-refractivity contribution in [3.05, 3.63) is 16.5 Å². The minimum absolute atomic E-state index is 0.0363. The highest BCUT2D eigenvalue weighted by Gasteiger charge is 2.15. The zero-order chi connectivity index (χ0) is 9.19. The van der Waals surface area contributed by atoms with Crippen LogP contribution >= 0.6 is 34.5 Å². The van der Waals surface area contributed by atoms with E-state index in [1.54, 1.807) is 6.07 Å². The lowest BCUT2D eigenvalue weighted by molar-refractivity contribution is 0.599. The Morgan fingerprint density at radius 3 is 2.50 bits per heavy atom. The van der Waals surface area contributed by atoms with E-state index in [4.69, 9.17) is 23.2 Å². The molecule has 0 fully saturated rings. The van der Waals surface area contributed by atoms with E-state index in [2.05, 4.69) is 0 Å². The van der Waals surface area contributed by atoms with E-state index >= 15 is 0 Å². The second kappa shape index (κ2) is 3.96. The minimum Gasteiger partial charge on any atom is -0.223 e. The molecule has 1 heterocycles. The quantitative estimate of drug-likeness (QED) is 0.766. The van der Waals surface area contributed by atoms with Gasteiger partial charge in [0.25, 0.3) is 0 Å². The van der Waals surface area contributed by atoms with Crippen molar-refractivity contribution in [2.75, 3.05) is 11.6 Å². The van der Waals surface area contributed by atoms with Crippen molar-refractivity contribution >= 4 is 44.4 Å². The Hall–Kier alpha value is 0.230. The molecule has 2 nitrogen and oxygen atoms in total. The lowest BCUT2D eigenvalue weighted by atomic mass is 10.7. The summed E-state index contributed by atoms with van der Waals surface area (Å²) >= 11 is 12.0. The number of rotatable bonds is 3. The first-order valence-corrected chi connectivity index (χ1v) is 6.48. The number of sulfone groups is 1. The van der Waals surface area contributed by atoms with E-state index in [0.717, 1.165) is 11.3 Å². The molecule has 1 aromatic rings. The van der Waals surface area contributed by atoms with Crippen LogP contribution in [0.3, 0.4) is 0 Å². The van der Waals surface area contributed by atoms with Gasteiger partial charge in [0.15, 0.2) is 9.84 Å². The van der Waals surface area contributed by atoms with Crippen LogP contribution in [-0.2, 0) is 9.84 Å². The first-order chi connectivity index (χ1) is 5.56. The molecule has 0 radical (unpaired) electrons. The van der Waals surface area contributed by atoms with Gasteiger partial charge < -0.3 is 0 Å². The predicted octanol–water partition coefficient (Wildman–Crippen LogP) is 2.41. The molecule has 1 aromatic heterocycles. The molecule has 68 valence electrons. The van der Waals surface area contributed by atoms with Crippen molar-refractivity contribution in [3.8, 4) is 0 Å². The van der Waals surface area contributed by atoms with Gasteiger partial charge in [-0.3, -0.25) is 0 Å². The zero-order valence-corrected chi connectivity index (χ0v) is 9.10. The molecule has 0 amide bonds. The Labute approximate surface area is 85.0 Å². The van der Waals surface area contributed by atoms with E-state index in [1.807, 2.05) is 0 Å². The van der Waals surface area contributed by atoms with Crippen LogP contribution in [0.15, 0.2) is 16.3 Å². The van der Waals surface area contributed by atoms with Gasteiger partial charge in [-0.1, -0.05) is 11.6 Å². The molecule has 0 aliphatic rings. The van der Waals surface area contributed by atoms with Crippen LogP contribution < -0.4 is 0 Å². The Bertz CT molecular complexity index is 355.